The van der Waals surface area contributed by atoms with E-state index in [2.05, 4.69) is 18.7 Å². The normalized spacial score (nSPS) is 17.7. The monoisotopic (exact) mass is 259 g/mol. The van der Waals surface area contributed by atoms with Crippen LogP contribution in [0.15, 0.2) is 0 Å². The Bertz CT molecular complexity index is 207. The van der Waals surface area contributed by atoms with E-state index in [9.17, 15) is 5.11 Å². The summed E-state index contributed by atoms with van der Waals surface area (Å²) < 4.78 is 10.3. The van der Waals surface area contributed by atoms with Gasteiger partial charge in [-0.1, -0.05) is 13.8 Å². The van der Waals surface area contributed by atoms with Crippen LogP contribution in [0, 0.1) is 5.92 Å². The third kappa shape index (κ3) is 7.31. The van der Waals surface area contributed by atoms with Crippen LogP contribution >= 0.6 is 0 Å². The van der Waals surface area contributed by atoms with Crippen molar-refractivity contribution in [2.45, 2.75) is 45.3 Å². The van der Waals surface area contributed by atoms with Gasteiger partial charge in [-0.3, -0.25) is 4.90 Å². The lowest BCUT2D eigenvalue weighted by Gasteiger charge is -2.25. The van der Waals surface area contributed by atoms with E-state index in [1.165, 1.54) is 19.3 Å². The SMILES string of the molecule is COCCOCC(O)CN(CCC(C)C)C1CC1. The van der Waals surface area contributed by atoms with Crippen molar-refractivity contribution in [3.05, 3.63) is 0 Å². The van der Waals surface area contributed by atoms with Crippen molar-refractivity contribution in [2.75, 3.05) is 40.0 Å². The number of hydrogen-bond acceptors (Lipinski definition) is 4. The molecule has 0 bridgehead atoms. The molecule has 0 amide bonds. The van der Waals surface area contributed by atoms with Gasteiger partial charge in [0.2, 0.25) is 0 Å². The molecule has 18 heavy (non-hydrogen) atoms. The summed E-state index contributed by atoms with van der Waals surface area (Å²) in [4.78, 5) is 2.42. The van der Waals surface area contributed by atoms with Crippen LogP contribution in [0.1, 0.15) is 33.1 Å². The lowest BCUT2D eigenvalue weighted by molar-refractivity contribution is -0.00211. The summed E-state index contributed by atoms with van der Waals surface area (Å²) in [5.74, 6) is 0.723. The minimum absolute atomic E-state index is 0.380. The number of ether oxygens (including phenoxy) is 2. The largest absolute Gasteiger partial charge is 0.389 e. The highest BCUT2D eigenvalue weighted by Gasteiger charge is 2.29. The standard InChI is InChI=1S/C14H29NO3/c1-12(2)6-7-15(13-4-5-13)10-14(16)11-18-9-8-17-3/h12-14,16H,4-11H2,1-3H3. The topological polar surface area (TPSA) is 41.9 Å². The quantitative estimate of drug-likeness (QED) is 0.571. The molecule has 0 aromatic heterocycles. The average Bonchev–Trinajstić information content (AvgIpc) is 3.14. The maximum absolute atomic E-state index is 9.95. The number of rotatable bonds is 11. The lowest BCUT2D eigenvalue weighted by atomic mass is 10.1. The first kappa shape index (κ1) is 15.9. The van der Waals surface area contributed by atoms with Gasteiger partial charge in [0.05, 0.1) is 25.9 Å². The van der Waals surface area contributed by atoms with Crippen molar-refractivity contribution in [1.29, 1.82) is 0 Å². The van der Waals surface area contributed by atoms with Gasteiger partial charge in [-0.05, 0) is 31.7 Å². The van der Waals surface area contributed by atoms with Crippen molar-refractivity contribution in [2.24, 2.45) is 5.92 Å². The van der Waals surface area contributed by atoms with Gasteiger partial charge in [0.1, 0.15) is 0 Å². The van der Waals surface area contributed by atoms with E-state index in [0.717, 1.165) is 19.0 Å². The summed E-state index contributed by atoms with van der Waals surface area (Å²) in [6.45, 7) is 7.89. The second kappa shape index (κ2) is 8.86. The van der Waals surface area contributed by atoms with Gasteiger partial charge in [-0.25, -0.2) is 0 Å². The predicted molar refractivity (Wildman–Crippen MR) is 72.8 cm³/mol. The Hall–Kier alpha value is -0.160. The van der Waals surface area contributed by atoms with Crippen LogP contribution in [0.25, 0.3) is 0 Å². The summed E-state index contributed by atoms with van der Waals surface area (Å²) in [6, 6.07) is 0.706. The number of aliphatic hydroxyl groups excluding tert-OH is 1. The fourth-order valence-electron chi connectivity index (χ4n) is 1.97. The third-order valence-corrected chi connectivity index (χ3v) is 3.24. The van der Waals surface area contributed by atoms with Gasteiger partial charge in [-0.15, -0.1) is 0 Å². The van der Waals surface area contributed by atoms with Crippen LogP contribution in [0.3, 0.4) is 0 Å². The molecule has 0 radical (unpaired) electrons. The molecule has 0 aromatic rings. The van der Waals surface area contributed by atoms with Crippen LogP contribution in [0.2, 0.25) is 0 Å². The third-order valence-electron chi connectivity index (χ3n) is 3.24. The summed E-state index contributed by atoms with van der Waals surface area (Å²) in [6.07, 6.45) is 3.40. The minimum atomic E-state index is -0.380. The summed E-state index contributed by atoms with van der Waals surface area (Å²) in [5.41, 5.74) is 0. The van der Waals surface area contributed by atoms with E-state index in [0.29, 0.717) is 25.9 Å². The van der Waals surface area contributed by atoms with Gasteiger partial charge >= 0.3 is 0 Å². The van der Waals surface area contributed by atoms with Crippen molar-refractivity contribution in [3.8, 4) is 0 Å². The van der Waals surface area contributed by atoms with Crippen LogP contribution in [0.5, 0.6) is 0 Å². The predicted octanol–water partition coefficient (Wildman–Crippen LogP) is 1.52. The summed E-state index contributed by atoms with van der Waals surface area (Å²) in [7, 11) is 1.65. The van der Waals surface area contributed by atoms with E-state index in [-0.39, 0.29) is 6.10 Å². The molecule has 0 heterocycles. The molecule has 4 nitrogen and oxygen atoms in total. The summed E-state index contributed by atoms with van der Waals surface area (Å²) >= 11 is 0. The Labute approximate surface area is 111 Å². The molecule has 108 valence electrons. The zero-order valence-electron chi connectivity index (χ0n) is 12.1. The molecular formula is C14H29NO3. The van der Waals surface area contributed by atoms with Gasteiger partial charge in [-0.2, -0.15) is 0 Å². The smallest absolute Gasteiger partial charge is 0.0900 e. The van der Waals surface area contributed by atoms with E-state index >= 15 is 0 Å². The first-order chi connectivity index (χ1) is 8.63. The van der Waals surface area contributed by atoms with Crippen LogP contribution in [0.4, 0.5) is 0 Å². The van der Waals surface area contributed by atoms with Gasteiger partial charge < -0.3 is 14.6 Å². The fraction of sp³-hybridized carbons (Fsp3) is 1.00. The van der Waals surface area contributed by atoms with E-state index < -0.39 is 0 Å². The van der Waals surface area contributed by atoms with Crippen LogP contribution in [-0.2, 0) is 9.47 Å². The highest BCUT2D eigenvalue weighted by atomic mass is 16.5. The lowest BCUT2D eigenvalue weighted by Crippen LogP contribution is -2.37. The molecule has 1 rings (SSSR count). The minimum Gasteiger partial charge on any atom is -0.389 e. The number of hydrogen-bond donors (Lipinski definition) is 1. The first-order valence-corrected chi connectivity index (χ1v) is 7.12. The Morgan fingerprint density at radius 2 is 2.00 bits per heavy atom. The van der Waals surface area contributed by atoms with Crippen LogP contribution < -0.4 is 0 Å². The van der Waals surface area contributed by atoms with Gasteiger partial charge in [0.15, 0.2) is 0 Å². The van der Waals surface area contributed by atoms with Crippen molar-refractivity contribution in [3.63, 3.8) is 0 Å². The second-order valence-electron chi connectivity index (χ2n) is 5.63. The molecule has 0 spiro atoms. The molecule has 0 saturated heterocycles. The molecule has 1 aliphatic rings. The number of methoxy groups -OCH3 is 1. The number of nitrogens with zero attached hydrogens (tertiary/aromatic N) is 1. The number of aliphatic hydroxyl groups is 1. The maximum atomic E-state index is 9.95. The van der Waals surface area contributed by atoms with Crippen LogP contribution in [-0.4, -0.2) is 62.2 Å². The molecule has 1 aliphatic carbocycles. The molecule has 0 aromatic carbocycles. The van der Waals surface area contributed by atoms with E-state index in [1.54, 1.807) is 7.11 Å². The van der Waals surface area contributed by atoms with Crippen molar-refractivity contribution >= 4 is 0 Å². The molecule has 1 fully saturated rings. The Balaban J connectivity index is 2.14. The Kier molecular flexibility index (Phi) is 7.82. The summed E-state index contributed by atoms with van der Waals surface area (Å²) in [5, 5.41) is 9.95. The molecule has 0 aliphatic heterocycles. The first-order valence-electron chi connectivity index (χ1n) is 7.12. The maximum Gasteiger partial charge on any atom is 0.0900 e. The Morgan fingerprint density at radius 3 is 2.56 bits per heavy atom. The van der Waals surface area contributed by atoms with E-state index in [1.807, 2.05) is 0 Å². The zero-order valence-corrected chi connectivity index (χ0v) is 12.1. The van der Waals surface area contributed by atoms with E-state index in [4.69, 9.17) is 9.47 Å². The molecule has 1 saturated carbocycles. The average molecular weight is 259 g/mol. The highest BCUT2D eigenvalue weighted by Crippen LogP contribution is 2.27. The van der Waals surface area contributed by atoms with Crippen molar-refractivity contribution in [1.82, 2.24) is 4.90 Å². The highest BCUT2D eigenvalue weighted by molar-refractivity contribution is 4.85. The van der Waals surface area contributed by atoms with Crippen molar-refractivity contribution < 1.29 is 14.6 Å². The second-order valence-corrected chi connectivity index (χ2v) is 5.63. The Morgan fingerprint density at radius 1 is 1.28 bits per heavy atom. The fourth-order valence-corrected chi connectivity index (χ4v) is 1.97. The molecule has 1 N–H and O–H groups in total. The zero-order chi connectivity index (χ0) is 13.4. The molecule has 1 atom stereocenters. The molecule has 4 heteroatoms. The van der Waals surface area contributed by atoms with Gasteiger partial charge in [0.25, 0.3) is 0 Å². The van der Waals surface area contributed by atoms with Gasteiger partial charge in [0, 0.05) is 19.7 Å². The molecule has 1 unspecified atom stereocenters. The molecular weight excluding hydrogens is 230 g/mol.